The number of carbonyl (C=O) groups excluding carboxylic acids is 1. The van der Waals surface area contributed by atoms with Crippen LogP contribution in [0.3, 0.4) is 0 Å². The van der Waals surface area contributed by atoms with Crippen molar-refractivity contribution < 1.29 is 110 Å². The van der Waals surface area contributed by atoms with E-state index in [1.54, 1.807) is 0 Å². The number of hydrogen-bond donors (Lipinski definition) is 0. The molecule has 6 aromatic carbocycles. The number of rotatable bonds is 8. The fourth-order valence-corrected chi connectivity index (χ4v) is 9.31. The summed E-state index contributed by atoms with van der Waals surface area (Å²) in [6.07, 6.45) is -52.7. The number of halogens is 24. The van der Waals surface area contributed by atoms with Gasteiger partial charge >= 0.3 is 49.4 Å². The molecule has 27 heteroatoms. The second kappa shape index (κ2) is 20.7. The molecular formula is C48H29BF24OS. The molecule has 0 fully saturated rings. The molecule has 0 radical (unpaired) electrons. The SMILES string of the molecule is Cc1cccc([S+](C)CC(=O)c2ccccc2)c1.FC(F)(F)c1cc([B-](c2cc(C(F)(F)F)cc(C(F)(F)F)c2)(c2cc(C(F)(F)F)cc(C(F)(F)F)c2)c2cc(C(F)(F)F)cc(C(F)(F)F)c2)cc(C(F)(F)F)c1. The van der Waals surface area contributed by atoms with E-state index in [1.807, 2.05) is 30.3 Å². The molecule has 0 saturated heterocycles. The fourth-order valence-electron chi connectivity index (χ4n) is 7.89. The van der Waals surface area contributed by atoms with Crippen LogP contribution in [-0.2, 0) is 60.3 Å². The predicted octanol–water partition coefficient (Wildman–Crippen LogP) is 14.7. The molecule has 0 heterocycles. The van der Waals surface area contributed by atoms with E-state index in [0.717, 1.165) is 5.56 Å². The lowest BCUT2D eigenvalue weighted by molar-refractivity contribution is -0.144. The average molecular weight is 1120 g/mol. The van der Waals surface area contributed by atoms with Gasteiger partial charge in [-0.15, -0.1) is 0 Å². The molecule has 0 aliphatic carbocycles. The normalized spacial score (nSPS) is 13.8. The van der Waals surface area contributed by atoms with Crippen LogP contribution in [0.1, 0.15) is 60.4 Å². The number of benzene rings is 6. The van der Waals surface area contributed by atoms with Gasteiger partial charge in [0, 0.05) is 16.5 Å². The van der Waals surface area contributed by atoms with Gasteiger partial charge in [-0.05, 0) is 48.9 Å². The van der Waals surface area contributed by atoms with Crippen molar-refractivity contribution in [1.82, 2.24) is 0 Å². The minimum Gasteiger partial charge on any atom is -0.289 e. The van der Waals surface area contributed by atoms with Crippen LogP contribution in [-0.4, -0.2) is 23.9 Å². The van der Waals surface area contributed by atoms with Gasteiger partial charge in [0.25, 0.3) is 0 Å². The summed E-state index contributed by atoms with van der Waals surface area (Å²) in [6, 6.07) is 9.13. The lowest BCUT2D eigenvalue weighted by atomic mass is 9.12. The molecule has 75 heavy (non-hydrogen) atoms. The Morgan fingerprint density at radius 1 is 0.360 bits per heavy atom. The van der Waals surface area contributed by atoms with Crippen LogP contribution in [0.25, 0.3) is 0 Å². The molecule has 6 rings (SSSR count). The van der Waals surface area contributed by atoms with Gasteiger partial charge in [0.2, 0.25) is 5.78 Å². The maximum atomic E-state index is 14.2. The summed E-state index contributed by atoms with van der Waals surface area (Å²) in [5, 5.41) is 0. The Kier molecular flexibility index (Phi) is 16.4. The van der Waals surface area contributed by atoms with Crippen molar-refractivity contribution in [2.45, 2.75) is 61.2 Å². The van der Waals surface area contributed by atoms with E-state index < -0.39 is 195 Å². The first-order valence-electron chi connectivity index (χ1n) is 20.6. The molecule has 0 aliphatic heterocycles. The Morgan fingerprint density at radius 2 is 0.613 bits per heavy atom. The highest BCUT2D eigenvalue weighted by atomic mass is 32.2. The Labute approximate surface area is 410 Å². The van der Waals surface area contributed by atoms with Crippen molar-refractivity contribution >= 4 is 44.7 Å². The van der Waals surface area contributed by atoms with E-state index in [9.17, 15) is 110 Å². The van der Waals surface area contributed by atoms with E-state index >= 15 is 0 Å². The van der Waals surface area contributed by atoms with Crippen LogP contribution in [0, 0.1) is 6.92 Å². The van der Waals surface area contributed by atoms with Gasteiger partial charge in [0.05, 0.1) is 44.5 Å². The first-order chi connectivity index (χ1) is 33.9. The number of carbonyl (C=O) groups is 1. The Bertz CT molecular complexity index is 2580. The first kappa shape index (κ1) is 59.6. The molecule has 0 saturated carbocycles. The Hall–Kier alpha value is -6.28. The zero-order chi connectivity index (χ0) is 56.9. The molecule has 0 bridgehead atoms. The molecule has 404 valence electrons. The van der Waals surface area contributed by atoms with Crippen molar-refractivity contribution in [2.75, 3.05) is 12.0 Å². The summed E-state index contributed by atoms with van der Waals surface area (Å²) in [7, 11) is -0.0238. The van der Waals surface area contributed by atoms with Crippen LogP contribution < -0.4 is 21.9 Å². The van der Waals surface area contributed by atoms with Crippen molar-refractivity contribution in [3.63, 3.8) is 0 Å². The van der Waals surface area contributed by atoms with E-state index in [0.29, 0.717) is 5.75 Å². The standard InChI is InChI=1S/C32H12BF24.C16H17OS/c34-25(35,36)13-1-14(26(37,38)39)6-21(5-13)33(22-7-15(27(40,41)42)2-16(8-22)28(43,44)45,23-9-17(29(46,47)48)3-18(10-23)30(49,50)51)24-11-19(31(52,53)54)4-20(12-24)32(55,56)57;1-13-7-6-10-15(11-13)18(2)12-16(17)14-8-4-3-5-9-14/h1-12H;3-11H,12H2,1-2H3/q-1;+1. The zero-order valence-electron chi connectivity index (χ0n) is 37.3. The maximum Gasteiger partial charge on any atom is 0.416 e. The number of ketones is 1. The van der Waals surface area contributed by atoms with E-state index in [1.165, 1.54) is 10.5 Å². The number of hydrogen-bond acceptors (Lipinski definition) is 1. The smallest absolute Gasteiger partial charge is 0.289 e. The van der Waals surface area contributed by atoms with Crippen LogP contribution in [0.2, 0.25) is 0 Å². The Balaban J connectivity index is 0.000000483. The number of aryl methyl sites for hydroxylation is 1. The summed E-state index contributed by atoms with van der Waals surface area (Å²) in [5.74, 6) is 0.816. The van der Waals surface area contributed by atoms with Gasteiger partial charge in [-0.2, -0.15) is 127 Å². The summed E-state index contributed by atoms with van der Waals surface area (Å²) >= 11 is 0. The van der Waals surface area contributed by atoms with Gasteiger partial charge in [0.15, 0.2) is 10.6 Å². The monoisotopic (exact) mass is 1120 g/mol. The molecule has 1 atom stereocenters. The quantitative estimate of drug-likeness (QED) is 0.0642. The summed E-state index contributed by atoms with van der Waals surface area (Å²) in [5.41, 5.74) is -28.1. The van der Waals surface area contributed by atoms with Gasteiger partial charge < -0.3 is 0 Å². The molecule has 0 N–H and O–H groups in total. The molecule has 0 aromatic heterocycles. The largest absolute Gasteiger partial charge is 0.416 e. The predicted molar refractivity (Wildman–Crippen MR) is 228 cm³/mol. The third kappa shape index (κ3) is 14.2. The topological polar surface area (TPSA) is 17.1 Å². The van der Waals surface area contributed by atoms with Gasteiger partial charge in [-0.25, -0.2) is 0 Å². The van der Waals surface area contributed by atoms with E-state index in [-0.39, 0.29) is 16.7 Å². The average Bonchev–Trinajstić information content (AvgIpc) is 3.27. The zero-order valence-corrected chi connectivity index (χ0v) is 38.1. The van der Waals surface area contributed by atoms with Crippen molar-refractivity contribution in [3.05, 3.63) is 183 Å². The van der Waals surface area contributed by atoms with Crippen molar-refractivity contribution in [3.8, 4) is 0 Å². The molecule has 6 aromatic rings. The molecule has 0 spiro atoms. The minimum atomic E-state index is -6.13. The van der Waals surface area contributed by atoms with E-state index in [4.69, 9.17) is 0 Å². The highest BCUT2D eigenvalue weighted by Gasteiger charge is 2.47. The maximum absolute atomic E-state index is 14.2. The van der Waals surface area contributed by atoms with Gasteiger partial charge in [-0.1, -0.05) is 91.0 Å². The third-order valence-electron chi connectivity index (χ3n) is 11.3. The molecule has 0 amide bonds. The van der Waals surface area contributed by atoms with Crippen LogP contribution in [0.5, 0.6) is 0 Å². The summed E-state index contributed by atoms with van der Waals surface area (Å²) in [4.78, 5) is 13.4. The van der Waals surface area contributed by atoms with E-state index in [2.05, 4.69) is 37.4 Å². The number of alkyl halides is 24. The van der Waals surface area contributed by atoms with Crippen LogP contribution in [0.4, 0.5) is 105 Å². The molecular weight excluding hydrogens is 1090 g/mol. The summed E-state index contributed by atoms with van der Waals surface area (Å²) in [6.45, 7) is 2.08. The molecule has 1 nitrogen and oxygen atoms in total. The Morgan fingerprint density at radius 3 is 0.840 bits per heavy atom. The third-order valence-corrected chi connectivity index (χ3v) is 13.0. The lowest BCUT2D eigenvalue weighted by Gasteiger charge is -2.46. The van der Waals surface area contributed by atoms with Crippen molar-refractivity contribution in [1.29, 1.82) is 0 Å². The molecule has 0 aliphatic rings. The van der Waals surface area contributed by atoms with Gasteiger partial charge in [0.1, 0.15) is 12.4 Å². The second-order valence-electron chi connectivity index (χ2n) is 16.6. The minimum absolute atomic E-state index is 0.0238. The molecule has 1 unspecified atom stereocenters. The fraction of sp³-hybridized carbons (Fsp3) is 0.229. The highest BCUT2D eigenvalue weighted by molar-refractivity contribution is 7.96. The summed E-state index contributed by atoms with van der Waals surface area (Å²) < 4.78 is 341. The number of Topliss-reactive ketones (excluding diaryl/α,β-unsaturated/α-hetero) is 1. The van der Waals surface area contributed by atoms with Crippen LogP contribution >= 0.6 is 0 Å². The first-order valence-corrected chi connectivity index (χ1v) is 22.4. The van der Waals surface area contributed by atoms with Crippen molar-refractivity contribution in [2.24, 2.45) is 0 Å². The second-order valence-corrected chi connectivity index (χ2v) is 18.6. The van der Waals surface area contributed by atoms with Gasteiger partial charge in [-0.3, -0.25) is 4.79 Å². The highest BCUT2D eigenvalue weighted by Crippen LogP contribution is 2.41. The lowest BCUT2D eigenvalue weighted by Crippen LogP contribution is -2.75. The van der Waals surface area contributed by atoms with Crippen LogP contribution in [0.15, 0.2) is 132 Å².